The molecule has 3 saturated heterocycles. The molecule has 8 heteroatoms. The number of primary amides is 1. The topological polar surface area (TPSA) is 111 Å². The highest BCUT2D eigenvalue weighted by Crippen LogP contribution is 2.48. The number of likely N-dealkylation sites (tertiary alicyclic amines) is 2. The number of hydrogen-bond donors (Lipinski definition) is 1. The van der Waals surface area contributed by atoms with Crippen LogP contribution in [0.1, 0.15) is 36.5 Å². The summed E-state index contributed by atoms with van der Waals surface area (Å²) in [6.45, 7) is 3.06. The highest BCUT2D eigenvalue weighted by atomic mass is 16.2. The van der Waals surface area contributed by atoms with Gasteiger partial charge >= 0.3 is 0 Å². The predicted octanol–water partition coefficient (Wildman–Crippen LogP) is 0.724. The van der Waals surface area contributed by atoms with Crippen LogP contribution in [0.4, 0.5) is 5.69 Å². The van der Waals surface area contributed by atoms with Gasteiger partial charge in [-0.1, -0.05) is 19.1 Å². The molecule has 1 aromatic rings. The zero-order valence-electron chi connectivity index (χ0n) is 16.9. The number of nitrogens with zero attached hydrogens (tertiary/aromatic N) is 4. The summed E-state index contributed by atoms with van der Waals surface area (Å²) in [5, 5.41) is 9.37. The Morgan fingerprint density at radius 1 is 1.27 bits per heavy atom. The highest BCUT2D eigenvalue weighted by molar-refractivity contribution is 6.07. The molecule has 1 aromatic carbocycles. The van der Waals surface area contributed by atoms with Crippen molar-refractivity contribution >= 4 is 23.4 Å². The number of benzene rings is 1. The van der Waals surface area contributed by atoms with Gasteiger partial charge in [0.25, 0.3) is 5.91 Å². The number of anilines is 1. The SMILES string of the molecule is C[C@@H](CN1C[C@@H]2C[C@H]1C(=O)N2c1ccccc1C(N)=O)C(=O)N1C2C[C@H]2C[C@H]1C#N. The predicted molar refractivity (Wildman–Crippen MR) is 108 cm³/mol. The van der Waals surface area contributed by atoms with Crippen LogP contribution in [-0.2, 0) is 9.59 Å². The number of piperazine rings is 1. The molecule has 0 aromatic heterocycles. The van der Waals surface area contributed by atoms with Crippen LogP contribution in [0.5, 0.6) is 0 Å². The number of piperidine rings is 1. The van der Waals surface area contributed by atoms with Crippen molar-refractivity contribution < 1.29 is 14.4 Å². The van der Waals surface area contributed by atoms with Gasteiger partial charge in [0.2, 0.25) is 11.8 Å². The van der Waals surface area contributed by atoms with Crippen molar-refractivity contribution in [2.45, 2.75) is 50.4 Å². The van der Waals surface area contributed by atoms with Gasteiger partial charge in [-0.05, 0) is 37.3 Å². The van der Waals surface area contributed by atoms with E-state index in [1.807, 2.05) is 6.92 Å². The Hall–Kier alpha value is -2.92. The molecule has 4 fully saturated rings. The van der Waals surface area contributed by atoms with Crippen LogP contribution in [-0.4, -0.2) is 64.8 Å². The third-order valence-electron chi connectivity index (χ3n) is 7.14. The van der Waals surface area contributed by atoms with Crippen LogP contribution in [0.25, 0.3) is 0 Å². The first-order valence-electron chi connectivity index (χ1n) is 10.6. The second-order valence-electron chi connectivity index (χ2n) is 9.04. The van der Waals surface area contributed by atoms with Crippen LogP contribution in [0, 0.1) is 23.2 Å². The van der Waals surface area contributed by atoms with Crippen LogP contribution in [0.3, 0.4) is 0 Å². The molecule has 0 radical (unpaired) electrons. The molecule has 6 atom stereocenters. The summed E-state index contributed by atoms with van der Waals surface area (Å²) >= 11 is 0. The van der Waals surface area contributed by atoms with E-state index in [4.69, 9.17) is 5.73 Å². The van der Waals surface area contributed by atoms with E-state index in [1.165, 1.54) is 0 Å². The lowest BCUT2D eigenvalue weighted by molar-refractivity contribution is -0.137. The lowest BCUT2D eigenvalue weighted by atomic mass is 10.1. The van der Waals surface area contributed by atoms with E-state index >= 15 is 0 Å². The van der Waals surface area contributed by atoms with E-state index < -0.39 is 5.91 Å². The van der Waals surface area contributed by atoms with E-state index in [-0.39, 0.29) is 41.9 Å². The highest BCUT2D eigenvalue weighted by Gasteiger charge is 2.55. The van der Waals surface area contributed by atoms with Gasteiger partial charge in [0, 0.05) is 25.0 Å². The molecular formula is C22H25N5O3. The molecule has 8 nitrogen and oxygen atoms in total. The number of nitrogens with two attached hydrogens (primary N) is 1. The Morgan fingerprint density at radius 2 is 2.03 bits per heavy atom. The minimum Gasteiger partial charge on any atom is -0.366 e. The Bertz CT molecular complexity index is 972. The van der Waals surface area contributed by atoms with Crippen LogP contribution in [0.15, 0.2) is 24.3 Å². The van der Waals surface area contributed by atoms with E-state index in [0.717, 1.165) is 12.8 Å². The smallest absolute Gasteiger partial charge is 0.250 e. The standard InChI is InChI=1S/C22H25N5O3/c1-12(21(29)26-14(9-23)6-13-7-18(13)26)10-25-11-15-8-19(25)22(30)27(15)17-5-3-2-4-16(17)20(24)28/h2-5,12-15,18-19H,6-8,10-11H2,1H3,(H2,24,28)/t12-,13+,14-,15-,18?,19-/m0/s1. The third kappa shape index (κ3) is 2.80. The fraction of sp³-hybridized carbons (Fsp3) is 0.545. The summed E-state index contributed by atoms with van der Waals surface area (Å²) in [7, 11) is 0. The largest absolute Gasteiger partial charge is 0.366 e. The fourth-order valence-electron chi connectivity index (χ4n) is 5.65. The summed E-state index contributed by atoms with van der Waals surface area (Å²) in [4.78, 5) is 43.5. The van der Waals surface area contributed by atoms with Crippen LogP contribution in [0.2, 0.25) is 0 Å². The quantitative estimate of drug-likeness (QED) is 0.773. The van der Waals surface area contributed by atoms with Crippen LogP contribution < -0.4 is 10.6 Å². The molecule has 30 heavy (non-hydrogen) atoms. The maximum absolute atomic E-state index is 13.1. The molecule has 2 bridgehead atoms. The summed E-state index contributed by atoms with van der Waals surface area (Å²) in [5.74, 6) is -0.336. The molecule has 3 heterocycles. The molecule has 156 valence electrons. The number of nitriles is 1. The lowest BCUT2D eigenvalue weighted by Gasteiger charge is -2.36. The number of rotatable bonds is 5. The first-order chi connectivity index (χ1) is 14.4. The van der Waals surface area contributed by atoms with E-state index in [2.05, 4.69) is 11.0 Å². The summed E-state index contributed by atoms with van der Waals surface area (Å²) in [5.41, 5.74) is 6.42. The molecule has 1 aliphatic carbocycles. The Morgan fingerprint density at radius 3 is 2.73 bits per heavy atom. The number of hydrogen-bond acceptors (Lipinski definition) is 5. The average molecular weight is 407 g/mol. The van der Waals surface area contributed by atoms with Crippen molar-refractivity contribution in [3.63, 3.8) is 0 Å². The third-order valence-corrected chi connectivity index (χ3v) is 7.14. The van der Waals surface area contributed by atoms with Crippen molar-refractivity contribution in [2.75, 3.05) is 18.0 Å². The maximum Gasteiger partial charge on any atom is 0.250 e. The minimum absolute atomic E-state index is 0.0257. The summed E-state index contributed by atoms with van der Waals surface area (Å²) in [6.07, 6.45) is 2.49. The van der Waals surface area contributed by atoms with Gasteiger partial charge in [-0.15, -0.1) is 0 Å². The number of carbonyl (C=O) groups excluding carboxylic acids is 3. The molecule has 3 aliphatic heterocycles. The van der Waals surface area contributed by atoms with E-state index in [0.29, 0.717) is 36.7 Å². The Balaban J connectivity index is 1.28. The maximum atomic E-state index is 13.1. The molecule has 1 unspecified atom stereocenters. The number of amides is 3. The first-order valence-corrected chi connectivity index (χ1v) is 10.6. The molecule has 1 saturated carbocycles. The zero-order valence-corrected chi connectivity index (χ0v) is 16.9. The molecule has 4 aliphatic rings. The van der Waals surface area contributed by atoms with Crippen LogP contribution >= 0.6 is 0 Å². The molecule has 3 amide bonds. The lowest BCUT2D eigenvalue weighted by Crippen LogP contribution is -2.53. The Kier molecular flexibility index (Phi) is 4.33. The molecule has 2 N–H and O–H groups in total. The van der Waals surface area contributed by atoms with Crippen molar-refractivity contribution in [1.82, 2.24) is 9.80 Å². The van der Waals surface area contributed by atoms with E-state index in [9.17, 15) is 19.6 Å². The van der Waals surface area contributed by atoms with Crippen molar-refractivity contribution in [3.05, 3.63) is 29.8 Å². The van der Waals surface area contributed by atoms with Gasteiger partial charge in [-0.25, -0.2) is 0 Å². The van der Waals surface area contributed by atoms with Gasteiger partial charge in [0.15, 0.2) is 0 Å². The van der Waals surface area contributed by atoms with Crippen molar-refractivity contribution in [3.8, 4) is 6.07 Å². The fourth-order valence-corrected chi connectivity index (χ4v) is 5.65. The Labute approximate surface area is 175 Å². The second-order valence-corrected chi connectivity index (χ2v) is 9.04. The van der Waals surface area contributed by atoms with Gasteiger partial charge in [0.1, 0.15) is 6.04 Å². The molecule has 5 rings (SSSR count). The number of fused-ring (bicyclic) bond motifs is 3. The zero-order chi connectivity index (χ0) is 21.2. The summed E-state index contributed by atoms with van der Waals surface area (Å²) < 4.78 is 0. The van der Waals surface area contributed by atoms with Gasteiger partial charge in [-0.2, -0.15) is 5.26 Å². The first kappa shape index (κ1) is 19.1. The van der Waals surface area contributed by atoms with Gasteiger partial charge < -0.3 is 15.5 Å². The molecular weight excluding hydrogens is 382 g/mol. The number of carbonyl (C=O) groups is 3. The van der Waals surface area contributed by atoms with Gasteiger partial charge in [-0.3, -0.25) is 19.3 Å². The normalized spacial score (nSPS) is 32.8. The monoisotopic (exact) mass is 407 g/mol. The van der Waals surface area contributed by atoms with Gasteiger partial charge in [0.05, 0.1) is 29.4 Å². The number of para-hydroxylation sites is 1. The van der Waals surface area contributed by atoms with Crippen molar-refractivity contribution in [2.24, 2.45) is 17.6 Å². The van der Waals surface area contributed by atoms with E-state index in [1.54, 1.807) is 34.1 Å². The van der Waals surface area contributed by atoms with Crippen molar-refractivity contribution in [1.29, 1.82) is 5.26 Å². The summed E-state index contributed by atoms with van der Waals surface area (Å²) in [6, 6.07) is 8.82. The second kappa shape index (κ2) is 6.81. The minimum atomic E-state index is -0.548. The average Bonchev–Trinajstić information content (AvgIpc) is 3.07. The molecule has 0 spiro atoms.